The Balaban J connectivity index is 1.87. The van der Waals surface area contributed by atoms with Crippen molar-refractivity contribution in [2.24, 2.45) is 11.7 Å². The minimum absolute atomic E-state index is 0.0507. The minimum atomic E-state index is -1.42. The highest BCUT2D eigenvalue weighted by atomic mass is 16.8. The van der Waals surface area contributed by atoms with Gasteiger partial charge in [0.1, 0.15) is 18.5 Å². The number of nitro groups is 1. The first-order valence-electron chi connectivity index (χ1n) is 10.5. The van der Waals surface area contributed by atoms with Gasteiger partial charge in [0.05, 0.1) is 12.0 Å². The zero-order valence-corrected chi connectivity index (χ0v) is 19.1. The summed E-state index contributed by atoms with van der Waals surface area (Å²) in [5.41, 5.74) is 5.99. The number of carbonyl (C=O) groups is 4. The summed E-state index contributed by atoms with van der Waals surface area (Å²) in [6.07, 6.45) is -4.84. The van der Waals surface area contributed by atoms with Crippen molar-refractivity contribution in [3.8, 4) is 5.75 Å². The number of nitrogens with zero attached hydrogens (tertiary/aromatic N) is 1. The van der Waals surface area contributed by atoms with E-state index in [1.165, 1.54) is 25.1 Å². The molecule has 2 heterocycles. The van der Waals surface area contributed by atoms with E-state index in [0.29, 0.717) is 0 Å². The highest BCUT2D eigenvalue weighted by Crippen LogP contribution is 2.31. The first kappa shape index (κ1) is 26.2. The highest BCUT2D eigenvalue weighted by Gasteiger charge is 2.49. The smallest absolute Gasteiger partial charge is 0.479 e. The Morgan fingerprint density at radius 3 is 2.50 bits per heavy atom. The number of hydrogen-bond acceptors (Lipinski definition) is 13. The second kappa shape index (κ2) is 11.4. The molecular weight excluding hydrogens is 486 g/mol. The highest BCUT2D eigenvalue weighted by molar-refractivity contribution is 5.86. The van der Waals surface area contributed by atoms with Crippen molar-refractivity contribution in [2.75, 3.05) is 20.3 Å². The number of hydrogen-bond donors (Lipinski definition) is 2. The maximum Gasteiger partial charge on any atom is 0.514 e. The van der Waals surface area contributed by atoms with Gasteiger partial charge in [-0.2, -0.15) is 0 Å². The van der Waals surface area contributed by atoms with Crippen molar-refractivity contribution < 1.29 is 52.5 Å². The van der Waals surface area contributed by atoms with Crippen molar-refractivity contribution in [1.29, 1.82) is 0 Å². The van der Waals surface area contributed by atoms with Crippen LogP contribution in [0, 0.1) is 16.0 Å². The van der Waals surface area contributed by atoms with E-state index in [9.17, 15) is 29.3 Å². The van der Waals surface area contributed by atoms with Crippen molar-refractivity contribution in [3.05, 3.63) is 46.2 Å². The van der Waals surface area contributed by atoms with Crippen molar-refractivity contribution in [2.45, 2.75) is 31.3 Å². The van der Waals surface area contributed by atoms with Crippen molar-refractivity contribution in [1.82, 2.24) is 5.32 Å². The van der Waals surface area contributed by atoms with Gasteiger partial charge in [0.15, 0.2) is 12.2 Å². The third kappa shape index (κ3) is 6.38. The summed E-state index contributed by atoms with van der Waals surface area (Å²) in [6.45, 7) is 0.903. The van der Waals surface area contributed by atoms with Crippen LogP contribution in [0.15, 0.2) is 36.1 Å². The van der Waals surface area contributed by atoms with Crippen LogP contribution in [-0.4, -0.2) is 73.7 Å². The van der Waals surface area contributed by atoms with Crippen molar-refractivity contribution in [3.63, 3.8) is 0 Å². The monoisotopic (exact) mass is 509 g/mol. The molecule has 15 nitrogen and oxygen atoms in total. The molecule has 3 rings (SSSR count). The lowest BCUT2D eigenvalue weighted by Crippen LogP contribution is -2.56. The molecule has 0 spiro atoms. The quantitative estimate of drug-likeness (QED) is 0.162. The Morgan fingerprint density at radius 1 is 1.25 bits per heavy atom. The molecule has 0 bridgehead atoms. The van der Waals surface area contributed by atoms with Gasteiger partial charge in [0.2, 0.25) is 11.7 Å². The summed E-state index contributed by atoms with van der Waals surface area (Å²) in [7, 11) is 1.12. The number of nitrogens with two attached hydrogens (primary N) is 1. The van der Waals surface area contributed by atoms with Crippen LogP contribution < -0.4 is 15.8 Å². The normalized spacial score (nSPS) is 23.6. The van der Waals surface area contributed by atoms with Crippen molar-refractivity contribution >= 4 is 29.9 Å². The molecular formula is C21H23N3O12. The minimum Gasteiger partial charge on any atom is -0.479 e. The molecule has 0 radical (unpaired) electrons. The number of amides is 1. The summed E-state index contributed by atoms with van der Waals surface area (Å²) in [5, 5.41) is 13.4. The van der Waals surface area contributed by atoms with Gasteiger partial charge in [0.25, 0.3) is 5.69 Å². The second-order valence-electron chi connectivity index (χ2n) is 7.69. The average molecular weight is 509 g/mol. The van der Waals surface area contributed by atoms with Crippen LogP contribution in [0.2, 0.25) is 0 Å². The molecule has 1 fully saturated rings. The zero-order valence-electron chi connectivity index (χ0n) is 19.1. The summed E-state index contributed by atoms with van der Waals surface area (Å²) in [6, 6.07) is 3.72. The van der Waals surface area contributed by atoms with Gasteiger partial charge in [-0.25, -0.2) is 14.4 Å². The van der Waals surface area contributed by atoms with E-state index in [-0.39, 0.29) is 36.3 Å². The number of esters is 1. The number of nitro benzene ring substituents is 1. The topological polar surface area (TPSA) is 205 Å². The zero-order chi connectivity index (χ0) is 26.4. The number of benzene rings is 1. The number of ether oxygens (including phenoxy) is 6. The van der Waals surface area contributed by atoms with E-state index >= 15 is 0 Å². The molecule has 5 atom stereocenters. The van der Waals surface area contributed by atoms with E-state index in [2.05, 4.69) is 10.1 Å². The van der Waals surface area contributed by atoms with Gasteiger partial charge in [-0.05, 0) is 18.2 Å². The Bertz CT molecular complexity index is 1060. The van der Waals surface area contributed by atoms with Gasteiger partial charge in [-0.1, -0.05) is 0 Å². The molecule has 194 valence electrons. The molecule has 3 N–H and O–H groups in total. The van der Waals surface area contributed by atoms with Gasteiger partial charge in [-0.3, -0.25) is 14.9 Å². The Labute approximate surface area is 203 Å². The molecule has 0 unspecified atom stereocenters. The third-order valence-corrected chi connectivity index (χ3v) is 5.28. The maximum atomic E-state index is 12.6. The Morgan fingerprint density at radius 2 is 1.94 bits per heavy atom. The van der Waals surface area contributed by atoms with Crippen LogP contribution in [0.4, 0.5) is 15.3 Å². The van der Waals surface area contributed by atoms with Gasteiger partial charge >= 0.3 is 18.3 Å². The molecule has 1 aromatic rings. The number of cyclic esters (lactones) is 2. The lowest BCUT2D eigenvalue weighted by molar-refractivity contribution is -0.384. The van der Waals surface area contributed by atoms with Crippen LogP contribution in [0.1, 0.15) is 6.92 Å². The lowest BCUT2D eigenvalue weighted by atomic mass is 9.86. The molecule has 2 aliphatic heterocycles. The Kier molecular flexibility index (Phi) is 8.26. The molecule has 0 aromatic heterocycles. The molecule has 1 amide bonds. The number of rotatable bonds is 8. The summed E-state index contributed by atoms with van der Waals surface area (Å²) < 4.78 is 30.8. The number of methoxy groups -OCH3 is 1. The van der Waals surface area contributed by atoms with Crippen LogP contribution >= 0.6 is 0 Å². The predicted octanol–water partition coefficient (Wildman–Crippen LogP) is 0.550. The van der Waals surface area contributed by atoms with E-state index in [1.807, 2.05) is 0 Å². The van der Waals surface area contributed by atoms with Gasteiger partial charge < -0.3 is 39.5 Å². The largest absolute Gasteiger partial charge is 0.514 e. The first-order chi connectivity index (χ1) is 17.1. The van der Waals surface area contributed by atoms with Crippen LogP contribution in [0.5, 0.6) is 5.75 Å². The summed E-state index contributed by atoms with van der Waals surface area (Å²) in [5.74, 6) is -2.36. The number of non-ortho nitro benzene ring substituents is 1. The third-order valence-electron chi connectivity index (χ3n) is 5.28. The molecule has 2 aliphatic rings. The maximum absolute atomic E-state index is 12.6. The van der Waals surface area contributed by atoms with Crippen LogP contribution in [-0.2, 0) is 33.3 Å². The van der Waals surface area contributed by atoms with E-state index in [4.69, 9.17) is 29.4 Å². The molecule has 15 heteroatoms. The predicted molar refractivity (Wildman–Crippen MR) is 115 cm³/mol. The van der Waals surface area contributed by atoms with E-state index < -0.39 is 53.5 Å². The lowest BCUT2D eigenvalue weighted by Gasteiger charge is -2.39. The number of nitrogens with one attached hydrogen (secondary N) is 1. The van der Waals surface area contributed by atoms with Crippen LogP contribution in [0.25, 0.3) is 0 Å². The fraction of sp³-hybridized carbons (Fsp3) is 0.429. The fourth-order valence-corrected chi connectivity index (χ4v) is 3.56. The fourth-order valence-electron chi connectivity index (χ4n) is 3.56. The molecule has 36 heavy (non-hydrogen) atoms. The average Bonchev–Trinajstić information content (AvgIpc) is 3.27. The number of carbonyl (C=O) groups excluding carboxylic acids is 4. The summed E-state index contributed by atoms with van der Waals surface area (Å²) >= 11 is 0. The summed E-state index contributed by atoms with van der Waals surface area (Å²) in [4.78, 5) is 58.1. The molecule has 1 aromatic carbocycles. The van der Waals surface area contributed by atoms with Gasteiger partial charge in [-0.15, -0.1) is 0 Å². The second-order valence-corrected chi connectivity index (χ2v) is 7.69. The molecule has 1 saturated heterocycles. The van der Waals surface area contributed by atoms with Crippen LogP contribution in [0.3, 0.4) is 0 Å². The SMILES string of the molecule is COC(=O)C1=C[C@H](N)[C@@H](CNC(C)=O)[C@H]([C@H](OC(=O)Oc2ccc([N+](=O)[O-])cc2)[C@H]2COC(=O)O2)O1. The molecule has 0 saturated carbocycles. The first-order valence-corrected chi connectivity index (χ1v) is 10.5. The molecule has 0 aliphatic carbocycles. The standard InChI is InChI=1S/C21H23N3O12/c1-10(25)23-8-13-14(22)7-15(19(26)31-2)34-17(13)18(16-9-32-20(27)35-16)36-21(28)33-12-5-3-11(4-6-12)24(29)30/h3-7,13-14,16-18H,8-9,22H2,1-2H3,(H,23,25)/t13-,14+,16-,17-,18-/m1/s1. The Hall–Kier alpha value is -4.40. The van der Waals surface area contributed by atoms with Gasteiger partial charge in [0, 0.05) is 37.6 Å². The van der Waals surface area contributed by atoms with E-state index in [1.54, 1.807) is 0 Å². The van der Waals surface area contributed by atoms with E-state index in [0.717, 1.165) is 19.2 Å².